The third-order valence-electron chi connectivity index (χ3n) is 2.59. The molecule has 0 spiro atoms. The van der Waals surface area contributed by atoms with Gasteiger partial charge in [0.2, 0.25) is 0 Å². The first-order valence-corrected chi connectivity index (χ1v) is 6.11. The maximum absolute atomic E-state index is 11.1. The molecule has 2 heteroatoms. The predicted molar refractivity (Wildman–Crippen MR) is 70.4 cm³/mol. The standard InChI is InChI=1S/C15H20O2/c1-3-8-13-9-5-6-11-15(13)17-12-7-10-14(16)4-2/h3,5-6,9,11H,1,4,7-8,10,12H2,2H3. The number of ketones is 1. The molecule has 1 rings (SSSR count). The largest absolute Gasteiger partial charge is 0.493 e. The summed E-state index contributed by atoms with van der Waals surface area (Å²) in [5, 5.41) is 0. The van der Waals surface area contributed by atoms with Crippen LogP contribution >= 0.6 is 0 Å². The number of benzene rings is 1. The van der Waals surface area contributed by atoms with Crippen LogP contribution in [0.3, 0.4) is 0 Å². The number of carbonyl (C=O) groups is 1. The molecule has 1 aromatic rings. The van der Waals surface area contributed by atoms with E-state index in [1.165, 1.54) is 0 Å². The van der Waals surface area contributed by atoms with Gasteiger partial charge in [0.1, 0.15) is 11.5 Å². The zero-order valence-electron chi connectivity index (χ0n) is 10.4. The summed E-state index contributed by atoms with van der Waals surface area (Å²) in [6.07, 6.45) is 4.69. The highest BCUT2D eigenvalue weighted by atomic mass is 16.5. The van der Waals surface area contributed by atoms with E-state index in [9.17, 15) is 4.79 Å². The summed E-state index contributed by atoms with van der Waals surface area (Å²) in [5.74, 6) is 1.20. The second-order valence-corrected chi connectivity index (χ2v) is 3.94. The van der Waals surface area contributed by atoms with Crippen molar-refractivity contribution in [3.05, 3.63) is 42.5 Å². The molecule has 92 valence electrons. The Balaban J connectivity index is 2.40. The lowest BCUT2D eigenvalue weighted by Gasteiger charge is -2.09. The number of carbonyl (C=O) groups excluding carboxylic acids is 1. The maximum atomic E-state index is 11.1. The van der Waals surface area contributed by atoms with E-state index in [4.69, 9.17) is 4.74 Å². The van der Waals surface area contributed by atoms with E-state index in [1.54, 1.807) is 0 Å². The monoisotopic (exact) mass is 232 g/mol. The minimum atomic E-state index is 0.299. The Bertz CT molecular complexity index is 369. The van der Waals surface area contributed by atoms with E-state index >= 15 is 0 Å². The van der Waals surface area contributed by atoms with Crippen molar-refractivity contribution in [2.24, 2.45) is 0 Å². The number of hydrogen-bond acceptors (Lipinski definition) is 2. The van der Waals surface area contributed by atoms with Crippen LogP contribution in [-0.2, 0) is 11.2 Å². The average molecular weight is 232 g/mol. The van der Waals surface area contributed by atoms with Gasteiger partial charge in [-0.25, -0.2) is 0 Å². The van der Waals surface area contributed by atoms with Crippen LogP contribution in [0.25, 0.3) is 0 Å². The van der Waals surface area contributed by atoms with Gasteiger partial charge in [-0.1, -0.05) is 31.2 Å². The van der Waals surface area contributed by atoms with Crippen LogP contribution in [0.1, 0.15) is 31.7 Å². The molecule has 0 aliphatic rings. The first kappa shape index (κ1) is 13.5. The lowest BCUT2D eigenvalue weighted by molar-refractivity contribution is -0.118. The second-order valence-electron chi connectivity index (χ2n) is 3.94. The van der Waals surface area contributed by atoms with Crippen LogP contribution in [0.2, 0.25) is 0 Å². The molecule has 0 atom stereocenters. The van der Waals surface area contributed by atoms with Gasteiger partial charge in [-0.15, -0.1) is 6.58 Å². The number of hydrogen-bond donors (Lipinski definition) is 0. The van der Waals surface area contributed by atoms with E-state index < -0.39 is 0 Å². The maximum Gasteiger partial charge on any atom is 0.132 e. The Kier molecular flexibility index (Phi) is 6.08. The first-order valence-electron chi connectivity index (χ1n) is 6.11. The number of para-hydroxylation sites is 1. The van der Waals surface area contributed by atoms with Gasteiger partial charge in [0.15, 0.2) is 0 Å². The van der Waals surface area contributed by atoms with Crippen molar-refractivity contribution in [3.8, 4) is 5.75 Å². The molecule has 0 saturated carbocycles. The minimum absolute atomic E-state index is 0.299. The summed E-state index contributed by atoms with van der Waals surface area (Å²) in [6, 6.07) is 7.94. The van der Waals surface area contributed by atoms with Crippen LogP contribution in [0.5, 0.6) is 5.75 Å². The third-order valence-corrected chi connectivity index (χ3v) is 2.59. The molecule has 0 bridgehead atoms. The summed E-state index contributed by atoms with van der Waals surface area (Å²) in [5.41, 5.74) is 1.14. The molecule has 0 N–H and O–H groups in total. The molecule has 0 amide bonds. The quantitative estimate of drug-likeness (QED) is 0.506. The van der Waals surface area contributed by atoms with Crippen molar-refractivity contribution < 1.29 is 9.53 Å². The van der Waals surface area contributed by atoms with Crippen molar-refractivity contribution in [1.82, 2.24) is 0 Å². The molecule has 0 aliphatic carbocycles. The van der Waals surface area contributed by atoms with E-state index in [2.05, 4.69) is 6.58 Å². The van der Waals surface area contributed by atoms with Crippen LogP contribution < -0.4 is 4.74 Å². The lowest BCUT2D eigenvalue weighted by atomic mass is 10.1. The van der Waals surface area contributed by atoms with E-state index in [1.807, 2.05) is 37.3 Å². The molecular weight excluding hydrogens is 212 g/mol. The molecule has 0 heterocycles. The van der Waals surface area contributed by atoms with E-state index in [-0.39, 0.29) is 0 Å². The Hall–Kier alpha value is -1.57. The third kappa shape index (κ3) is 4.85. The van der Waals surface area contributed by atoms with E-state index in [0.29, 0.717) is 25.2 Å². The van der Waals surface area contributed by atoms with Crippen molar-refractivity contribution in [3.63, 3.8) is 0 Å². The number of ether oxygens (including phenoxy) is 1. The van der Waals surface area contributed by atoms with Gasteiger partial charge in [-0.05, 0) is 24.5 Å². The SMILES string of the molecule is C=CCc1ccccc1OCCCC(=O)CC. The number of rotatable bonds is 8. The second kappa shape index (κ2) is 7.66. The van der Waals surface area contributed by atoms with Gasteiger partial charge in [0, 0.05) is 12.8 Å². The van der Waals surface area contributed by atoms with Crippen LogP contribution in [0, 0.1) is 0 Å². The molecule has 17 heavy (non-hydrogen) atoms. The van der Waals surface area contributed by atoms with Gasteiger partial charge < -0.3 is 4.74 Å². The van der Waals surface area contributed by atoms with Gasteiger partial charge >= 0.3 is 0 Å². The number of Topliss-reactive ketones (excluding diaryl/α,β-unsaturated/α-hetero) is 1. The summed E-state index contributed by atoms with van der Waals surface area (Å²) >= 11 is 0. The summed E-state index contributed by atoms with van der Waals surface area (Å²) in [7, 11) is 0. The van der Waals surface area contributed by atoms with Gasteiger partial charge in [-0.2, -0.15) is 0 Å². The molecule has 0 aromatic heterocycles. The zero-order chi connectivity index (χ0) is 12.5. The van der Waals surface area contributed by atoms with E-state index in [0.717, 1.165) is 24.2 Å². The van der Waals surface area contributed by atoms with Crippen molar-refractivity contribution in [2.75, 3.05) is 6.61 Å². The zero-order valence-corrected chi connectivity index (χ0v) is 10.4. The van der Waals surface area contributed by atoms with Gasteiger partial charge in [0.05, 0.1) is 6.61 Å². The smallest absolute Gasteiger partial charge is 0.132 e. The predicted octanol–water partition coefficient (Wildman–Crippen LogP) is 3.55. The van der Waals surface area contributed by atoms with Crippen LogP contribution in [0.15, 0.2) is 36.9 Å². The minimum Gasteiger partial charge on any atom is -0.493 e. The molecule has 0 aliphatic heterocycles. The van der Waals surface area contributed by atoms with Gasteiger partial charge in [-0.3, -0.25) is 4.79 Å². The first-order chi connectivity index (χ1) is 8.27. The molecular formula is C15H20O2. The lowest BCUT2D eigenvalue weighted by Crippen LogP contribution is -2.03. The molecule has 0 radical (unpaired) electrons. The highest BCUT2D eigenvalue weighted by molar-refractivity contribution is 5.77. The molecule has 2 nitrogen and oxygen atoms in total. The highest BCUT2D eigenvalue weighted by Crippen LogP contribution is 2.19. The molecule has 0 unspecified atom stereocenters. The van der Waals surface area contributed by atoms with Crippen LogP contribution in [-0.4, -0.2) is 12.4 Å². The average Bonchev–Trinajstić information content (AvgIpc) is 2.36. The van der Waals surface area contributed by atoms with Crippen molar-refractivity contribution in [2.45, 2.75) is 32.6 Å². The Morgan fingerprint density at radius 1 is 1.41 bits per heavy atom. The highest BCUT2D eigenvalue weighted by Gasteiger charge is 2.02. The topological polar surface area (TPSA) is 26.3 Å². The van der Waals surface area contributed by atoms with Crippen LogP contribution in [0.4, 0.5) is 0 Å². The van der Waals surface area contributed by atoms with Gasteiger partial charge in [0.25, 0.3) is 0 Å². The summed E-state index contributed by atoms with van der Waals surface area (Å²) in [4.78, 5) is 11.1. The Labute approximate surface area is 103 Å². The molecule has 1 aromatic carbocycles. The Morgan fingerprint density at radius 3 is 2.88 bits per heavy atom. The van der Waals surface area contributed by atoms with Crippen molar-refractivity contribution >= 4 is 5.78 Å². The molecule has 0 saturated heterocycles. The Morgan fingerprint density at radius 2 is 2.18 bits per heavy atom. The van der Waals surface area contributed by atoms with Crippen molar-refractivity contribution in [1.29, 1.82) is 0 Å². The summed E-state index contributed by atoms with van der Waals surface area (Å²) < 4.78 is 5.68. The number of allylic oxidation sites excluding steroid dienone is 1. The normalized spacial score (nSPS) is 9.94. The fourth-order valence-corrected chi connectivity index (χ4v) is 1.60. The fourth-order valence-electron chi connectivity index (χ4n) is 1.60. The summed E-state index contributed by atoms with van der Waals surface area (Å²) in [6.45, 7) is 6.22. The fraction of sp³-hybridized carbons (Fsp3) is 0.400. The molecule has 0 fully saturated rings.